The minimum atomic E-state index is 0.248. The molecule has 2 aliphatic rings. The summed E-state index contributed by atoms with van der Waals surface area (Å²) in [6.45, 7) is 1.68. The van der Waals surface area contributed by atoms with E-state index >= 15 is 0 Å². The summed E-state index contributed by atoms with van der Waals surface area (Å²) in [5.41, 5.74) is 1.95. The van der Waals surface area contributed by atoms with Gasteiger partial charge < -0.3 is 14.8 Å². The van der Waals surface area contributed by atoms with Crippen LogP contribution in [0.15, 0.2) is 48.9 Å². The molecule has 2 fully saturated rings. The molecular weight excluding hydrogens is 326 g/mol. The lowest BCUT2D eigenvalue weighted by Crippen LogP contribution is -2.56. The number of nitrogens with one attached hydrogen (secondary N) is 1. The van der Waals surface area contributed by atoms with Crippen LogP contribution in [-0.4, -0.2) is 50.9 Å². The number of hydrogen-bond donors (Lipinski definition) is 1. The fourth-order valence-electron chi connectivity index (χ4n) is 4.46. The van der Waals surface area contributed by atoms with Crippen molar-refractivity contribution in [2.24, 2.45) is 0 Å². The van der Waals surface area contributed by atoms with E-state index in [1.165, 1.54) is 0 Å². The van der Waals surface area contributed by atoms with E-state index in [0.717, 1.165) is 48.3 Å². The van der Waals surface area contributed by atoms with Crippen molar-refractivity contribution in [2.75, 3.05) is 18.0 Å². The number of carbonyl (C=O) groups excluding carboxylic acids is 1. The summed E-state index contributed by atoms with van der Waals surface area (Å²) in [7, 11) is 0. The number of rotatable bonds is 3. The number of hydrogen-bond acceptors (Lipinski definition) is 4. The summed E-state index contributed by atoms with van der Waals surface area (Å²) in [5.74, 6) is 1.22. The number of amides is 1. The molecule has 2 atom stereocenters. The number of fused-ring (bicyclic) bond motifs is 3. The second-order valence-corrected chi connectivity index (χ2v) is 7.19. The topological polar surface area (TPSA) is 65.1 Å². The lowest BCUT2D eigenvalue weighted by atomic mass is 10.1. The van der Waals surface area contributed by atoms with Gasteiger partial charge in [-0.3, -0.25) is 4.79 Å². The van der Waals surface area contributed by atoms with E-state index in [2.05, 4.69) is 24.8 Å². The van der Waals surface area contributed by atoms with Gasteiger partial charge in [0.05, 0.1) is 11.8 Å². The van der Waals surface area contributed by atoms with Crippen LogP contribution in [0.4, 0.5) is 5.82 Å². The first-order chi connectivity index (χ1) is 12.8. The third-order valence-corrected chi connectivity index (χ3v) is 5.60. The van der Waals surface area contributed by atoms with Gasteiger partial charge in [0.2, 0.25) is 5.91 Å². The zero-order chi connectivity index (χ0) is 17.5. The molecule has 6 nitrogen and oxygen atoms in total. The van der Waals surface area contributed by atoms with Gasteiger partial charge >= 0.3 is 0 Å². The van der Waals surface area contributed by atoms with E-state index in [0.29, 0.717) is 6.42 Å². The highest BCUT2D eigenvalue weighted by Crippen LogP contribution is 2.34. The second-order valence-electron chi connectivity index (χ2n) is 7.19. The molecule has 6 heteroatoms. The molecule has 132 valence electrons. The second kappa shape index (κ2) is 6.12. The molecule has 0 saturated carbocycles. The van der Waals surface area contributed by atoms with E-state index in [4.69, 9.17) is 0 Å². The summed E-state index contributed by atoms with van der Waals surface area (Å²) < 4.78 is 0. The van der Waals surface area contributed by atoms with Crippen LogP contribution in [0.25, 0.3) is 11.0 Å². The molecule has 0 spiro atoms. The molecule has 3 aromatic rings. The summed E-state index contributed by atoms with van der Waals surface area (Å²) in [6.07, 6.45) is 6.15. The molecule has 0 aliphatic carbocycles. The number of benzene rings is 1. The Morgan fingerprint density at radius 1 is 1.08 bits per heavy atom. The Bertz CT molecular complexity index is 924. The number of piperazine rings is 1. The molecule has 5 rings (SSSR count). The maximum atomic E-state index is 12.9. The number of H-pyrrole nitrogens is 1. The van der Waals surface area contributed by atoms with Gasteiger partial charge in [0.25, 0.3) is 0 Å². The van der Waals surface area contributed by atoms with E-state index in [1.54, 1.807) is 6.33 Å². The Morgan fingerprint density at radius 2 is 1.85 bits per heavy atom. The molecule has 2 saturated heterocycles. The number of nitrogens with zero attached hydrogens (tertiary/aromatic N) is 4. The minimum Gasteiger partial charge on any atom is -0.352 e. The largest absolute Gasteiger partial charge is 0.352 e. The van der Waals surface area contributed by atoms with Crippen LogP contribution in [0.5, 0.6) is 0 Å². The van der Waals surface area contributed by atoms with E-state index in [9.17, 15) is 4.79 Å². The SMILES string of the molecule is O=C(Cc1ccccc1)N1[C@@H]2CC[C@H]1CN(c1ncnc3[nH]ccc13)C2. The Kier molecular flexibility index (Phi) is 3.62. The number of anilines is 1. The standard InChI is InChI=1S/C20H21N5O/c26-18(10-14-4-2-1-3-5-14)25-15-6-7-16(25)12-24(11-15)20-17-8-9-21-19(17)22-13-23-20/h1-5,8-9,13,15-16H,6-7,10-12H2,(H,21,22,23)/t15-,16+. The fourth-order valence-corrected chi connectivity index (χ4v) is 4.46. The Balaban J connectivity index is 1.36. The predicted octanol–water partition coefficient (Wildman–Crippen LogP) is 2.38. The highest BCUT2D eigenvalue weighted by atomic mass is 16.2. The van der Waals surface area contributed by atoms with Crippen LogP contribution < -0.4 is 4.90 Å². The summed E-state index contributed by atoms with van der Waals surface area (Å²) in [4.78, 5) is 29.3. The molecule has 4 heterocycles. The average Bonchev–Trinajstić information content (AvgIpc) is 3.24. The first-order valence-corrected chi connectivity index (χ1v) is 9.18. The summed E-state index contributed by atoms with van der Waals surface area (Å²) >= 11 is 0. The average molecular weight is 347 g/mol. The van der Waals surface area contributed by atoms with Crippen molar-refractivity contribution in [1.29, 1.82) is 0 Å². The molecule has 2 aromatic heterocycles. The molecule has 2 bridgehead atoms. The van der Waals surface area contributed by atoms with Crippen molar-refractivity contribution in [3.05, 3.63) is 54.5 Å². The third kappa shape index (κ3) is 2.53. The van der Waals surface area contributed by atoms with Gasteiger partial charge in [-0.05, 0) is 24.5 Å². The van der Waals surface area contributed by atoms with Gasteiger partial charge in [-0.25, -0.2) is 9.97 Å². The Hall–Kier alpha value is -2.89. The zero-order valence-electron chi connectivity index (χ0n) is 14.5. The Labute approximate surface area is 151 Å². The van der Waals surface area contributed by atoms with Crippen molar-refractivity contribution in [3.63, 3.8) is 0 Å². The fraction of sp³-hybridized carbons (Fsp3) is 0.350. The molecule has 1 amide bonds. The number of aromatic nitrogens is 3. The van der Waals surface area contributed by atoms with Crippen LogP contribution in [0.1, 0.15) is 18.4 Å². The van der Waals surface area contributed by atoms with Crippen molar-refractivity contribution >= 4 is 22.8 Å². The maximum Gasteiger partial charge on any atom is 0.227 e. The van der Waals surface area contributed by atoms with E-state index in [-0.39, 0.29) is 18.0 Å². The van der Waals surface area contributed by atoms with Crippen LogP contribution in [0, 0.1) is 0 Å². The highest BCUT2D eigenvalue weighted by Gasteiger charge is 2.42. The van der Waals surface area contributed by atoms with Gasteiger partial charge in [0.15, 0.2) is 0 Å². The normalized spacial score (nSPS) is 22.2. The van der Waals surface area contributed by atoms with Crippen LogP contribution >= 0.6 is 0 Å². The maximum absolute atomic E-state index is 12.9. The summed E-state index contributed by atoms with van der Waals surface area (Å²) in [6, 6.07) is 12.6. The molecule has 0 unspecified atom stereocenters. The quantitative estimate of drug-likeness (QED) is 0.790. The van der Waals surface area contributed by atoms with Gasteiger partial charge in [-0.2, -0.15) is 0 Å². The van der Waals surface area contributed by atoms with Crippen molar-refractivity contribution in [2.45, 2.75) is 31.3 Å². The van der Waals surface area contributed by atoms with Crippen molar-refractivity contribution in [3.8, 4) is 0 Å². The monoisotopic (exact) mass is 347 g/mol. The molecule has 26 heavy (non-hydrogen) atoms. The Morgan fingerprint density at radius 3 is 2.62 bits per heavy atom. The molecular formula is C20H21N5O. The van der Waals surface area contributed by atoms with Gasteiger partial charge in [-0.1, -0.05) is 30.3 Å². The smallest absolute Gasteiger partial charge is 0.227 e. The van der Waals surface area contributed by atoms with Gasteiger partial charge in [0, 0.05) is 31.4 Å². The van der Waals surface area contributed by atoms with Crippen LogP contribution in [0.2, 0.25) is 0 Å². The van der Waals surface area contributed by atoms with Gasteiger partial charge in [-0.15, -0.1) is 0 Å². The molecule has 1 N–H and O–H groups in total. The first kappa shape index (κ1) is 15.4. The van der Waals surface area contributed by atoms with Crippen LogP contribution in [-0.2, 0) is 11.2 Å². The van der Waals surface area contributed by atoms with E-state index < -0.39 is 0 Å². The molecule has 2 aliphatic heterocycles. The number of aromatic amines is 1. The zero-order valence-corrected chi connectivity index (χ0v) is 14.5. The lowest BCUT2D eigenvalue weighted by molar-refractivity contribution is -0.133. The minimum absolute atomic E-state index is 0.248. The first-order valence-electron chi connectivity index (χ1n) is 9.18. The molecule has 1 aromatic carbocycles. The van der Waals surface area contributed by atoms with Crippen molar-refractivity contribution in [1.82, 2.24) is 19.9 Å². The predicted molar refractivity (Wildman–Crippen MR) is 99.9 cm³/mol. The molecule has 0 radical (unpaired) electrons. The van der Waals surface area contributed by atoms with Crippen molar-refractivity contribution < 1.29 is 4.79 Å². The van der Waals surface area contributed by atoms with Crippen LogP contribution in [0.3, 0.4) is 0 Å². The highest BCUT2D eigenvalue weighted by molar-refractivity contribution is 5.87. The third-order valence-electron chi connectivity index (χ3n) is 5.60. The lowest BCUT2D eigenvalue weighted by Gasteiger charge is -2.41. The van der Waals surface area contributed by atoms with E-state index in [1.807, 2.05) is 42.6 Å². The number of carbonyl (C=O) groups is 1. The summed E-state index contributed by atoms with van der Waals surface area (Å²) in [5, 5.41) is 1.05. The van der Waals surface area contributed by atoms with Gasteiger partial charge in [0.1, 0.15) is 17.8 Å².